The Morgan fingerprint density at radius 3 is 2.05 bits per heavy atom. The summed E-state index contributed by atoms with van der Waals surface area (Å²) in [5.74, 6) is -0.253. The van der Waals surface area contributed by atoms with E-state index in [0.717, 1.165) is 16.3 Å². The van der Waals surface area contributed by atoms with E-state index in [1.807, 2.05) is 6.92 Å². The summed E-state index contributed by atoms with van der Waals surface area (Å²) in [6, 6.07) is 6.72. The van der Waals surface area contributed by atoms with Gasteiger partial charge in [-0.05, 0) is 24.1 Å². The quantitative estimate of drug-likeness (QED) is 0.809. The molecule has 5 nitrogen and oxygen atoms in total. The van der Waals surface area contributed by atoms with Crippen molar-refractivity contribution in [2.45, 2.75) is 18.2 Å². The number of likely N-dealkylation sites (N-methyl/N-ethyl adjacent to an activating group) is 2. The number of rotatable bonds is 5. The molecule has 19 heavy (non-hydrogen) atoms. The lowest BCUT2D eigenvalue weighted by atomic mass is 10.2. The number of carbonyl (C=O) groups is 1. The zero-order chi connectivity index (χ0) is 14.6. The SMILES string of the molecule is CCc1ccc(S(=O)(=O)N(C)CC(=O)N(C)C)cc1. The maximum atomic E-state index is 12.2. The molecule has 0 fully saturated rings. The van der Waals surface area contributed by atoms with Crippen molar-refractivity contribution in [2.24, 2.45) is 0 Å². The van der Waals surface area contributed by atoms with Crippen molar-refractivity contribution < 1.29 is 13.2 Å². The highest BCUT2D eigenvalue weighted by Gasteiger charge is 2.23. The summed E-state index contributed by atoms with van der Waals surface area (Å²) < 4.78 is 25.6. The normalized spacial score (nSPS) is 11.6. The molecule has 0 saturated carbocycles. The maximum absolute atomic E-state index is 12.2. The molecular weight excluding hydrogens is 264 g/mol. The van der Waals surface area contributed by atoms with Crippen molar-refractivity contribution in [2.75, 3.05) is 27.7 Å². The third-order valence-electron chi connectivity index (χ3n) is 2.90. The van der Waals surface area contributed by atoms with Crippen LogP contribution in [0.2, 0.25) is 0 Å². The molecule has 0 spiro atoms. The zero-order valence-electron chi connectivity index (χ0n) is 11.8. The number of hydrogen-bond acceptors (Lipinski definition) is 3. The molecule has 106 valence electrons. The number of benzene rings is 1. The van der Waals surface area contributed by atoms with E-state index in [1.165, 1.54) is 11.9 Å². The summed E-state index contributed by atoms with van der Waals surface area (Å²) in [4.78, 5) is 13.1. The number of nitrogens with zero attached hydrogens (tertiary/aromatic N) is 2. The minimum Gasteiger partial charge on any atom is -0.348 e. The molecule has 1 amide bonds. The van der Waals surface area contributed by atoms with Gasteiger partial charge in [0.2, 0.25) is 15.9 Å². The van der Waals surface area contributed by atoms with Gasteiger partial charge in [0.1, 0.15) is 0 Å². The van der Waals surface area contributed by atoms with Crippen LogP contribution < -0.4 is 0 Å². The van der Waals surface area contributed by atoms with Gasteiger partial charge in [-0.3, -0.25) is 4.79 Å². The first-order valence-corrected chi connectivity index (χ1v) is 7.48. The average molecular weight is 284 g/mol. The van der Waals surface area contributed by atoms with E-state index in [2.05, 4.69) is 0 Å². The number of sulfonamides is 1. The Kier molecular flexibility index (Phi) is 5.08. The summed E-state index contributed by atoms with van der Waals surface area (Å²) in [7, 11) is 0.993. The molecule has 0 radical (unpaired) electrons. The van der Waals surface area contributed by atoms with Crippen LogP contribution in [0, 0.1) is 0 Å². The van der Waals surface area contributed by atoms with Crippen LogP contribution in [-0.2, 0) is 21.2 Å². The van der Waals surface area contributed by atoms with Gasteiger partial charge in [0.25, 0.3) is 0 Å². The highest BCUT2D eigenvalue weighted by Crippen LogP contribution is 2.15. The number of carbonyl (C=O) groups excluding carboxylic acids is 1. The van der Waals surface area contributed by atoms with Crippen molar-refractivity contribution in [3.8, 4) is 0 Å². The third-order valence-corrected chi connectivity index (χ3v) is 4.71. The Balaban J connectivity index is 2.93. The summed E-state index contributed by atoms with van der Waals surface area (Å²) in [6.07, 6.45) is 0.856. The van der Waals surface area contributed by atoms with Crippen molar-refractivity contribution in [3.63, 3.8) is 0 Å². The van der Waals surface area contributed by atoms with Gasteiger partial charge >= 0.3 is 0 Å². The second kappa shape index (κ2) is 6.16. The standard InChI is InChI=1S/C13H20N2O3S/c1-5-11-6-8-12(9-7-11)19(17,18)15(4)10-13(16)14(2)3/h6-9H,5,10H2,1-4H3. The summed E-state index contributed by atoms with van der Waals surface area (Å²) >= 11 is 0. The highest BCUT2D eigenvalue weighted by molar-refractivity contribution is 7.89. The molecule has 1 aromatic carbocycles. The first-order chi connectivity index (χ1) is 8.78. The smallest absolute Gasteiger partial charge is 0.243 e. The van der Waals surface area contributed by atoms with Crippen LogP contribution in [0.25, 0.3) is 0 Å². The zero-order valence-corrected chi connectivity index (χ0v) is 12.6. The molecular formula is C13H20N2O3S. The fraction of sp³-hybridized carbons (Fsp3) is 0.462. The first kappa shape index (κ1) is 15.7. The van der Waals surface area contributed by atoms with E-state index < -0.39 is 10.0 Å². The van der Waals surface area contributed by atoms with Gasteiger partial charge < -0.3 is 4.90 Å². The maximum Gasteiger partial charge on any atom is 0.243 e. The van der Waals surface area contributed by atoms with Crippen LogP contribution in [0.15, 0.2) is 29.2 Å². The molecule has 0 bridgehead atoms. The van der Waals surface area contributed by atoms with Crippen molar-refractivity contribution >= 4 is 15.9 Å². The van der Waals surface area contributed by atoms with Crippen LogP contribution in [-0.4, -0.2) is 51.2 Å². The second-order valence-corrected chi connectivity index (χ2v) is 6.59. The van der Waals surface area contributed by atoms with E-state index in [-0.39, 0.29) is 17.3 Å². The molecule has 0 N–H and O–H groups in total. The van der Waals surface area contributed by atoms with Crippen LogP contribution in [0.4, 0.5) is 0 Å². The summed E-state index contributed by atoms with van der Waals surface area (Å²) in [5.41, 5.74) is 1.07. The fourth-order valence-electron chi connectivity index (χ4n) is 1.49. The molecule has 0 aromatic heterocycles. The van der Waals surface area contributed by atoms with Crippen molar-refractivity contribution in [1.29, 1.82) is 0 Å². The molecule has 0 atom stereocenters. The summed E-state index contributed by atoms with van der Waals surface area (Å²) in [6.45, 7) is 1.84. The lowest BCUT2D eigenvalue weighted by Crippen LogP contribution is -2.37. The van der Waals surface area contributed by atoms with Crippen LogP contribution in [0.5, 0.6) is 0 Å². The van der Waals surface area contributed by atoms with Gasteiger partial charge in [-0.15, -0.1) is 0 Å². The van der Waals surface area contributed by atoms with E-state index >= 15 is 0 Å². The van der Waals surface area contributed by atoms with Gasteiger partial charge in [0, 0.05) is 21.1 Å². The predicted molar refractivity (Wildman–Crippen MR) is 74.3 cm³/mol. The Morgan fingerprint density at radius 2 is 1.63 bits per heavy atom. The van der Waals surface area contributed by atoms with Crippen LogP contribution in [0.1, 0.15) is 12.5 Å². The van der Waals surface area contributed by atoms with Crippen molar-refractivity contribution in [3.05, 3.63) is 29.8 Å². The molecule has 0 aliphatic rings. The lowest BCUT2D eigenvalue weighted by molar-refractivity contribution is -0.128. The minimum atomic E-state index is -3.61. The second-order valence-electron chi connectivity index (χ2n) is 4.55. The van der Waals surface area contributed by atoms with Gasteiger partial charge in [0.15, 0.2) is 0 Å². The van der Waals surface area contributed by atoms with Crippen LogP contribution in [0.3, 0.4) is 0 Å². The molecule has 1 rings (SSSR count). The number of aryl methyl sites for hydroxylation is 1. The Hall–Kier alpha value is -1.40. The third kappa shape index (κ3) is 3.78. The van der Waals surface area contributed by atoms with Gasteiger partial charge in [0.05, 0.1) is 11.4 Å². The Morgan fingerprint density at radius 1 is 1.11 bits per heavy atom. The van der Waals surface area contributed by atoms with E-state index in [1.54, 1.807) is 38.4 Å². The predicted octanol–water partition coefficient (Wildman–Crippen LogP) is 0.958. The highest BCUT2D eigenvalue weighted by atomic mass is 32.2. The first-order valence-electron chi connectivity index (χ1n) is 6.04. The molecule has 6 heteroatoms. The lowest BCUT2D eigenvalue weighted by Gasteiger charge is -2.19. The van der Waals surface area contributed by atoms with Crippen LogP contribution >= 0.6 is 0 Å². The van der Waals surface area contributed by atoms with E-state index in [9.17, 15) is 13.2 Å². The number of hydrogen-bond donors (Lipinski definition) is 0. The average Bonchev–Trinajstić information content (AvgIpc) is 2.38. The topological polar surface area (TPSA) is 57.7 Å². The fourth-order valence-corrected chi connectivity index (χ4v) is 2.61. The molecule has 1 aromatic rings. The van der Waals surface area contributed by atoms with E-state index in [4.69, 9.17) is 0 Å². The number of amides is 1. The molecule has 0 aliphatic carbocycles. The van der Waals surface area contributed by atoms with Gasteiger partial charge in [-0.1, -0.05) is 19.1 Å². The largest absolute Gasteiger partial charge is 0.348 e. The van der Waals surface area contributed by atoms with Crippen molar-refractivity contribution in [1.82, 2.24) is 9.21 Å². The Bertz CT molecular complexity index is 536. The molecule has 0 aliphatic heterocycles. The molecule has 0 saturated heterocycles. The minimum absolute atomic E-state index is 0.162. The van der Waals surface area contributed by atoms with E-state index in [0.29, 0.717) is 0 Å². The monoisotopic (exact) mass is 284 g/mol. The summed E-state index contributed by atoms with van der Waals surface area (Å²) in [5, 5.41) is 0. The van der Waals surface area contributed by atoms with Gasteiger partial charge in [-0.2, -0.15) is 4.31 Å². The Labute approximate surface area is 114 Å². The molecule has 0 unspecified atom stereocenters. The molecule has 0 heterocycles. The van der Waals surface area contributed by atoms with Gasteiger partial charge in [-0.25, -0.2) is 8.42 Å².